The van der Waals surface area contributed by atoms with Crippen LogP contribution in [0, 0.1) is 6.92 Å². The van der Waals surface area contributed by atoms with E-state index in [2.05, 4.69) is 42.3 Å². The predicted octanol–water partition coefficient (Wildman–Crippen LogP) is 4.39. The molecule has 1 aliphatic carbocycles. The van der Waals surface area contributed by atoms with Gasteiger partial charge in [-0.3, -0.25) is 4.90 Å². The number of nitrogens with zero attached hydrogens (tertiary/aromatic N) is 3. The molecule has 2 aliphatic rings. The molecule has 24 heavy (non-hydrogen) atoms. The summed E-state index contributed by atoms with van der Waals surface area (Å²) in [6.45, 7) is 5.25. The van der Waals surface area contributed by atoms with Crippen molar-refractivity contribution in [2.75, 3.05) is 6.54 Å². The summed E-state index contributed by atoms with van der Waals surface area (Å²) in [6, 6.07) is 8.85. The van der Waals surface area contributed by atoms with Gasteiger partial charge in [0.05, 0.1) is 5.69 Å². The van der Waals surface area contributed by atoms with Crippen molar-refractivity contribution in [3.63, 3.8) is 0 Å². The van der Waals surface area contributed by atoms with Crippen LogP contribution in [0.3, 0.4) is 0 Å². The van der Waals surface area contributed by atoms with Crippen molar-refractivity contribution in [3.8, 4) is 0 Å². The van der Waals surface area contributed by atoms with Crippen molar-refractivity contribution < 1.29 is 0 Å². The van der Waals surface area contributed by atoms with Gasteiger partial charge in [0.1, 0.15) is 5.82 Å². The third-order valence-electron chi connectivity index (χ3n) is 5.50. The molecule has 0 unspecified atom stereocenters. The maximum absolute atomic E-state index is 4.99. The van der Waals surface area contributed by atoms with Crippen LogP contribution in [-0.4, -0.2) is 21.4 Å². The van der Waals surface area contributed by atoms with Gasteiger partial charge in [-0.25, -0.2) is 9.97 Å². The van der Waals surface area contributed by atoms with Crippen LogP contribution in [0.15, 0.2) is 30.5 Å². The molecule has 0 radical (unpaired) electrons. The van der Waals surface area contributed by atoms with Crippen molar-refractivity contribution in [2.45, 2.75) is 64.5 Å². The lowest BCUT2D eigenvalue weighted by Gasteiger charge is -2.29. The van der Waals surface area contributed by atoms with E-state index in [4.69, 9.17) is 9.97 Å². The number of fused-ring (bicyclic) bond motifs is 1. The molecule has 0 spiro atoms. The lowest BCUT2D eigenvalue weighted by molar-refractivity contribution is 0.240. The second-order valence-corrected chi connectivity index (χ2v) is 7.48. The highest BCUT2D eigenvalue weighted by Crippen LogP contribution is 2.31. The minimum Gasteiger partial charge on any atom is -0.293 e. The smallest absolute Gasteiger partial charge is 0.131 e. The van der Waals surface area contributed by atoms with Crippen LogP contribution in [0.4, 0.5) is 0 Å². The van der Waals surface area contributed by atoms with Crippen LogP contribution >= 0.6 is 0 Å². The van der Waals surface area contributed by atoms with E-state index in [1.807, 2.05) is 0 Å². The standard InChI is InChI=1S/C21H27N3/c1-16-6-5-7-17(12-16)14-24-11-10-19-13-22-21(23-20(19)15-24)18-8-3-2-4-9-18/h5-7,12-13,18H,2-4,8-11,14-15H2,1H3. The molecule has 0 saturated heterocycles. The van der Waals surface area contributed by atoms with Crippen LogP contribution in [0.5, 0.6) is 0 Å². The molecule has 1 aliphatic heterocycles. The molecule has 0 bridgehead atoms. The van der Waals surface area contributed by atoms with Crippen LogP contribution in [0.25, 0.3) is 0 Å². The first-order chi connectivity index (χ1) is 11.8. The van der Waals surface area contributed by atoms with Crippen LogP contribution in [0.2, 0.25) is 0 Å². The Bertz CT molecular complexity index is 704. The highest BCUT2D eigenvalue weighted by Gasteiger charge is 2.22. The summed E-state index contributed by atoms with van der Waals surface area (Å²) in [5.41, 5.74) is 5.37. The maximum atomic E-state index is 4.99. The normalized spacial score (nSPS) is 19.2. The molecule has 1 fully saturated rings. The molecule has 1 aromatic heterocycles. The Morgan fingerprint density at radius 3 is 2.88 bits per heavy atom. The van der Waals surface area contributed by atoms with Gasteiger partial charge in [0, 0.05) is 31.7 Å². The molecule has 4 rings (SSSR count). The minimum atomic E-state index is 0.594. The van der Waals surface area contributed by atoms with Crippen molar-refractivity contribution in [3.05, 3.63) is 58.7 Å². The molecule has 0 N–H and O–H groups in total. The quantitative estimate of drug-likeness (QED) is 0.839. The Kier molecular flexibility index (Phi) is 4.61. The summed E-state index contributed by atoms with van der Waals surface area (Å²) in [6.07, 6.45) is 9.78. The van der Waals surface area contributed by atoms with Gasteiger partial charge in [0.15, 0.2) is 0 Å². The van der Waals surface area contributed by atoms with Crippen molar-refractivity contribution in [2.24, 2.45) is 0 Å². The second kappa shape index (κ2) is 7.02. The number of rotatable bonds is 3. The minimum absolute atomic E-state index is 0.594. The zero-order valence-electron chi connectivity index (χ0n) is 14.7. The Hall–Kier alpha value is -1.74. The van der Waals surface area contributed by atoms with E-state index in [0.29, 0.717) is 5.92 Å². The van der Waals surface area contributed by atoms with E-state index in [1.54, 1.807) is 0 Å². The molecule has 2 aromatic rings. The van der Waals surface area contributed by atoms with Gasteiger partial charge in [0.2, 0.25) is 0 Å². The monoisotopic (exact) mass is 321 g/mol. The van der Waals surface area contributed by atoms with Gasteiger partial charge >= 0.3 is 0 Å². The van der Waals surface area contributed by atoms with Crippen molar-refractivity contribution in [1.29, 1.82) is 0 Å². The lowest BCUT2D eigenvalue weighted by atomic mass is 9.88. The molecule has 0 atom stereocenters. The number of hydrogen-bond donors (Lipinski definition) is 0. The van der Waals surface area contributed by atoms with Crippen LogP contribution in [-0.2, 0) is 19.5 Å². The third kappa shape index (κ3) is 3.51. The van der Waals surface area contributed by atoms with Gasteiger partial charge in [-0.15, -0.1) is 0 Å². The summed E-state index contributed by atoms with van der Waals surface area (Å²) < 4.78 is 0. The SMILES string of the molecule is Cc1cccc(CN2CCc3cnc(C4CCCCC4)nc3C2)c1. The lowest BCUT2D eigenvalue weighted by Crippen LogP contribution is -2.31. The third-order valence-corrected chi connectivity index (χ3v) is 5.50. The fraction of sp³-hybridized carbons (Fsp3) is 0.524. The largest absolute Gasteiger partial charge is 0.293 e. The van der Waals surface area contributed by atoms with Gasteiger partial charge in [0.25, 0.3) is 0 Å². The highest BCUT2D eigenvalue weighted by molar-refractivity contribution is 5.24. The van der Waals surface area contributed by atoms with Crippen molar-refractivity contribution >= 4 is 0 Å². The first kappa shape index (κ1) is 15.8. The molecule has 0 amide bonds. The van der Waals surface area contributed by atoms with E-state index >= 15 is 0 Å². The van der Waals surface area contributed by atoms with Gasteiger partial charge in [-0.1, -0.05) is 49.1 Å². The average Bonchev–Trinajstić information content (AvgIpc) is 2.62. The summed E-state index contributed by atoms with van der Waals surface area (Å²) in [4.78, 5) is 12.2. The number of benzene rings is 1. The van der Waals surface area contributed by atoms with Crippen molar-refractivity contribution in [1.82, 2.24) is 14.9 Å². The molecular weight excluding hydrogens is 294 g/mol. The van der Waals surface area contributed by atoms with Gasteiger partial charge in [-0.05, 0) is 37.3 Å². The van der Waals surface area contributed by atoms with Crippen LogP contribution < -0.4 is 0 Å². The molecule has 2 heterocycles. The molecule has 1 saturated carbocycles. The molecule has 126 valence electrons. The molecular formula is C21H27N3. The van der Waals surface area contributed by atoms with E-state index in [9.17, 15) is 0 Å². The zero-order chi connectivity index (χ0) is 16.4. The molecule has 1 aromatic carbocycles. The fourth-order valence-electron chi connectivity index (χ4n) is 4.13. The predicted molar refractivity (Wildman–Crippen MR) is 96.9 cm³/mol. The van der Waals surface area contributed by atoms with Crippen LogP contribution in [0.1, 0.15) is 66.2 Å². The Labute approximate surface area is 145 Å². The molecule has 3 heteroatoms. The summed E-state index contributed by atoms with van der Waals surface area (Å²) in [5.74, 6) is 1.70. The number of hydrogen-bond acceptors (Lipinski definition) is 3. The van der Waals surface area contributed by atoms with E-state index in [1.165, 1.54) is 54.5 Å². The number of aryl methyl sites for hydroxylation is 1. The first-order valence-electron chi connectivity index (χ1n) is 9.40. The summed E-state index contributed by atoms with van der Waals surface area (Å²) >= 11 is 0. The highest BCUT2D eigenvalue weighted by atomic mass is 15.1. The van der Waals surface area contributed by atoms with Gasteiger partial charge in [-0.2, -0.15) is 0 Å². The number of aromatic nitrogens is 2. The first-order valence-corrected chi connectivity index (χ1v) is 9.40. The Balaban J connectivity index is 1.48. The Morgan fingerprint density at radius 2 is 2.04 bits per heavy atom. The van der Waals surface area contributed by atoms with Gasteiger partial charge < -0.3 is 0 Å². The topological polar surface area (TPSA) is 29.0 Å². The van der Waals surface area contributed by atoms with E-state index in [-0.39, 0.29) is 0 Å². The second-order valence-electron chi connectivity index (χ2n) is 7.48. The van der Waals surface area contributed by atoms with E-state index in [0.717, 1.165) is 31.9 Å². The summed E-state index contributed by atoms with van der Waals surface area (Å²) in [5, 5.41) is 0. The fourth-order valence-corrected chi connectivity index (χ4v) is 4.13. The average molecular weight is 321 g/mol. The van der Waals surface area contributed by atoms with E-state index < -0.39 is 0 Å². The Morgan fingerprint density at radius 1 is 1.17 bits per heavy atom. The zero-order valence-corrected chi connectivity index (χ0v) is 14.7. The maximum Gasteiger partial charge on any atom is 0.131 e. The summed E-state index contributed by atoms with van der Waals surface area (Å²) in [7, 11) is 0. The molecule has 3 nitrogen and oxygen atoms in total.